The van der Waals surface area contributed by atoms with Gasteiger partial charge in [-0.1, -0.05) is 6.07 Å². The first kappa shape index (κ1) is 19.7. The maximum absolute atomic E-state index is 12.9. The maximum Gasteiger partial charge on any atom is 0.333 e. The van der Waals surface area contributed by atoms with E-state index in [4.69, 9.17) is 14.2 Å². The Bertz CT molecular complexity index is 1170. The predicted molar refractivity (Wildman–Crippen MR) is 107 cm³/mol. The average molecular weight is 397 g/mol. The van der Waals surface area contributed by atoms with Crippen molar-refractivity contribution in [2.24, 2.45) is 0 Å². The Balaban J connectivity index is 2.01. The quantitative estimate of drug-likeness (QED) is 0.656. The van der Waals surface area contributed by atoms with E-state index < -0.39 is 17.2 Å². The minimum atomic E-state index is -0.771. The van der Waals surface area contributed by atoms with Crippen LogP contribution < -0.4 is 30.8 Å². The number of nitrogens with zero attached hydrogens (tertiary/aromatic N) is 1. The van der Waals surface area contributed by atoms with Crippen LogP contribution in [0.1, 0.15) is 10.4 Å². The maximum atomic E-state index is 12.9. The first-order chi connectivity index (χ1) is 14.0. The normalized spacial score (nSPS) is 10.3. The SMILES string of the molecule is COc1cccc(-n2c(=O)[nH]cc(C(=O)Nc3ccc(OC)cc3OC)c2=O)c1. The molecule has 3 aromatic rings. The molecule has 0 aliphatic carbocycles. The highest BCUT2D eigenvalue weighted by atomic mass is 16.5. The summed E-state index contributed by atoms with van der Waals surface area (Å²) in [6, 6.07) is 11.2. The van der Waals surface area contributed by atoms with Crippen molar-refractivity contribution in [3.63, 3.8) is 0 Å². The molecule has 0 bridgehead atoms. The Labute approximate surface area is 165 Å². The average Bonchev–Trinajstić information content (AvgIpc) is 2.74. The lowest BCUT2D eigenvalue weighted by Gasteiger charge is -2.12. The summed E-state index contributed by atoms with van der Waals surface area (Å²) in [5.74, 6) is 0.664. The highest BCUT2D eigenvalue weighted by Crippen LogP contribution is 2.29. The minimum absolute atomic E-state index is 0.245. The van der Waals surface area contributed by atoms with Crippen molar-refractivity contribution in [2.75, 3.05) is 26.6 Å². The van der Waals surface area contributed by atoms with Crippen LogP contribution in [0, 0.1) is 0 Å². The number of H-pyrrole nitrogens is 1. The van der Waals surface area contributed by atoms with E-state index in [9.17, 15) is 14.4 Å². The van der Waals surface area contributed by atoms with Gasteiger partial charge in [-0.2, -0.15) is 0 Å². The first-order valence-corrected chi connectivity index (χ1v) is 8.51. The van der Waals surface area contributed by atoms with Crippen molar-refractivity contribution >= 4 is 11.6 Å². The van der Waals surface area contributed by atoms with Crippen molar-refractivity contribution < 1.29 is 19.0 Å². The van der Waals surface area contributed by atoms with Gasteiger partial charge >= 0.3 is 5.69 Å². The number of rotatable bonds is 6. The number of methoxy groups -OCH3 is 3. The molecule has 1 amide bonds. The van der Waals surface area contributed by atoms with Crippen LogP contribution in [0.25, 0.3) is 5.69 Å². The number of amides is 1. The third-order valence-corrected chi connectivity index (χ3v) is 4.19. The van der Waals surface area contributed by atoms with Gasteiger partial charge in [0, 0.05) is 18.3 Å². The van der Waals surface area contributed by atoms with Crippen LogP contribution in [0.4, 0.5) is 5.69 Å². The van der Waals surface area contributed by atoms with Gasteiger partial charge in [0.25, 0.3) is 11.5 Å². The van der Waals surface area contributed by atoms with Crippen molar-refractivity contribution in [2.45, 2.75) is 0 Å². The number of benzene rings is 2. The number of nitrogens with one attached hydrogen (secondary N) is 2. The predicted octanol–water partition coefficient (Wildman–Crippen LogP) is 1.80. The Kier molecular flexibility index (Phi) is 5.68. The number of hydrogen-bond acceptors (Lipinski definition) is 6. The van der Waals surface area contributed by atoms with Crippen molar-refractivity contribution in [3.8, 4) is 22.9 Å². The zero-order valence-corrected chi connectivity index (χ0v) is 16.0. The zero-order chi connectivity index (χ0) is 21.0. The summed E-state index contributed by atoms with van der Waals surface area (Å²) in [4.78, 5) is 40.2. The van der Waals surface area contributed by atoms with Crippen LogP contribution in [0.3, 0.4) is 0 Å². The summed E-state index contributed by atoms with van der Waals surface area (Å²) >= 11 is 0. The summed E-state index contributed by atoms with van der Waals surface area (Å²) in [6.45, 7) is 0. The molecule has 9 heteroatoms. The summed E-state index contributed by atoms with van der Waals surface area (Å²) in [5.41, 5.74) is -1.08. The van der Waals surface area contributed by atoms with Crippen molar-refractivity contribution in [1.82, 2.24) is 9.55 Å². The molecule has 0 fully saturated rings. The lowest BCUT2D eigenvalue weighted by Crippen LogP contribution is -2.38. The molecule has 0 spiro atoms. The second kappa shape index (κ2) is 8.34. The molecule has 2 aromatic carbocycles. The Hall–Kier alpha value is -4.01. The largest absolute Gasteiger partial charge is 0.497 e. The molecule has 0 saturated carbocycles. The van der Waals surface area contributed by atoms with Crippen LogP contribution in [-0.4, -0.2) is 36.8 Å². The molecule has 0 atom stereocenters. The zero-order valence-electron chi connectivity index (χ0n) is 16.0. The number of aromatic nitrogens is 2. The lowest BCUT2D eigenvalue weighted by molar-refractivity contribution is 0.102. The molecule has 0 saturated heterocycles. The second-order valence-electron chi connectivity index (χ2n) is 5.87. The van der Waals surface area contributed by atoms with E-state index in [-0.39, 0.29) is 11.3 Å². The van der Waals surface area contributed by atoms with Gasteiger partial charge in [-0.25, -0.2) is 9.36 Å². The van der Waals surface area contributed by atoms with Crippen LogP contribution in [0.15, 0.2) is 58.3 Å². The fourth-order valence-electron chi connectivity index (χ4n) is 2.71. The molecule has 0 unspecified atom stereocenters. The number of carbonyl (C=O) groups excluding carboxylic acids is 1. The van der Waals surface area contributed by atoms with Gasteiger partial charge < -0.3 is 24.5 Å². The van der Waals surface area contributed by atoms with E-state index in [1.807, 2.05) is 0 Å². The van der Waals surface area contributed by atoms with Crippen LogP contribution >= 0.6 is 0 Å². The molecule has 150 valence electrons. The first-order valence-electron chi connectivity index (χ1n) is 8.51. The lowest BCUT2D eigenvalue weighted by atomic mass is 10.2. The number of anilines is 1. The molecule has 0 radical (unpaired) electrons. The summed E-state index contributed by atoms with van der Waals surface area (Å²) in [7, 11) is 4.42. The molecule has 2 N–H and O–H groups in total. The van der Waals surface area contributed by atoms with Crippen LogP contribution in [0.2, 0.25) is 0 Å². The molecular formula is C20H19N3O6. The van der Waals surface area contributed by atoms with E-state index in [0.717, 1.165) is 10.8 Å². The van der Waals surface area contributed by atoms with Gasteiger partial charge in [-0.05, 0) is 24.3 Å². The van der Waals surface area contributed by atoms with Gasteiger partial charge in [-0.3, -0.25) is 9.59 Å². The molecule has 1 aromatic heterocycles. The van der Waals surface area contributed by atoms with E-state index in [1.54, 1.807) is 36.4 Å². The minimum Gasteiger partial charge on any atom is -0.497 e. The van der Waals surface area contributed by atoms with E-state index in [0.29, 0.717) is 22.9 Å². The monoisotopic (exact) mass is 397 g/mol. The van der Waals surface area contributed by atoms with Gasteiger partial charge in [0.15, 0.2) is 0 Å². The second-order valence-corrected chi connectivity index (χ2v) is 5.87. The molecule has 0 aliphatic rings. The highest BCUT2D eigenvalue weighted by Gasteiger charge is 2.18. The van der Waals surface area contributed by atoms with Gasteiger partial charge in [-0.15, -0.1) is 0 Å². The van der Waals surface area contributed by atoms with Gasteiger partial charge in [0.2, 0.25) is 0 Å². The third kappa shape index (κ3) is 3.98. The number of carbonyl (C=O) groups is 1. The summed E-state index contributed by atoms with van der Waals surface area (Å²) in [5, 5.41) is 2.61. The molecule has 9 nitrogen and oxygen atoms in total. The van der Waals surface area contributed by atoms with Crippen LogP contribution in [0.5, 0.6) is 17.2 Å². The number of aromatic amines is 1. The molecule has 29 heavy (non-hydrogen) atoms. The van der Waals surface area contributed by atoms with Crippen molar-refractivity contribution in [1.29, 1.82) is 0 Å². The fourth-order valence-corrected chi connectivity index (χ4v) is 2.71. The molecule has 0 aliphatic heterocycles. The Morgan fingerprint density at radius 3 is 2.38 bits per heavy atom. The Morgan fingerprint density at radius 2 is 1.69 bits per heavy atom. The smallest absolute Gasteiger partial charge is 0.333 e. The molecule has 1 heterocycles. The number of hydrogen-bond donors (Lipinski definition) is 2. The van der Waals surface area contributed by atoms with E-state index in [1.165, 1.54) is 27.4 Å². The topological polar surface area (TPSA) is 112 Å². The van der Waals surface area contributed by atoms with E-state index >= 15 is 0 Å². The summed E-state index contributed by atoms with van der Waals surface area (Å²) < 4.78 is 16.4. The van der Waals surface area contributed by atoms with Gasteiger partial charge in [0.05, 0.1) is 32.7 Å². The molecular weight excluding hydrogens is 378 g/mol. The Morgan fingerprint density at radius 1 is 0.966 bits per heavy atom. The van der Waals surface area contributed by atoms with Gasteiger partial charge in [0.1, 0.15) is 22.8 Å². The van der Waals surface area contributed by atoms with Crippen molar-refractivity contribution in [3.05, 3.63) is 75.1 Å². The molecule has 3 rings (SSSR count). The number of ether oxygens (including phenoxy) is 3. The van der Waals surface area contributed by atoms with Crippen LogP contribution in [-0.2, 0) is 0 Å². The van der Waals surface area contributed by atoms with E-state index in [2.05, 4.69) is 10.3 Å². The standard InChI is InChI=1S/C20H19N3O6/c1-27-13-6-4-5-12(9-13)23-19(25)15(11-21-20(23)26)18(24)22-16-8-7-14(28-2)10-17(16)29-3/h4-11H,1-3H3,(H,21,26)(H,22,24). The highest BCUT2D eigenvalue weighted by molar-refractivity contribution is 6.04. The summed E-state index contributed by atoms with van der Waals surface area (Å²) in [6.07, 6.45) is 1.08. The third-order valence-electron chi connectivity index (χ3n) is 4.19. The fraction of sp³-hybridized carbons (Fsp3) is 0.150.